The normalized spacial score (nSPS) is 11.7. The van der Waals surface area contributed by atoms with Crippen LogP contribution in [0.2, 0.25) is 0 Å². The molecule has 0 radical (unpaired) electrons. The number of benzene rings is 1. The second-order valence-electron chi connectivity index (χ2n) is 7.03. The lowest BCUT2D eigenvalue weighted by Gasteiger charge is -2.21. The molecule has 0 aliphatic carbocycles. The molecule has 3 N–H and O–H groups in total. The van der Waals surface area contributed by atoms with E-state index in [-0.39, 0.29) is 16.9 Å². The van der Waals surface area contributed by atoms with E-state index in [2.05, 4.69) is 39.5 Å². The molecule has 1 heterocycles. The molecule has 7 nitrogen and oxygen atoms in total. The van der Waals surface area contributed by atoms with E-state index in [1.807, 2.05) is 26.8 Å². The van der Waals surface area contributed by atoms with Crippen molar-refractivity contribution in [3.8, 4) is 5.75 Å². The summed E-state index contributed by atoms with van der Waals surface area (Å²) in [6.45, 7) is 11.9. The van der Waals surface area contributed by atoms with Gasteiger partial charge < -0.3 is 10.0 Å². The summed E-state index contributed by atoms with van der Waals surface area (Å²) in [6.07, 6.45) is 1.41. The van der Waals surface area contributed by atoms with E-state index < -0.39 is 5.91 Å². The van der Waals surface area contributed by atoms with Gasteiger partial charge in [0.15, 0.2) is 5.69 Å². The number of rotatable bonds is 6. The summed E-state index contributed by atoms with van der Waals surface area (Å²) in [5.74, 6) is -0.297. The minimum Gasteiger partial charge on any atom is -0.507 e. The van der Waals surface area contributed by atoms with Gasteiger partial charge in [0.05, 0.1) is 6.21 Å². The van der Waals surface area contributed by atoms with Crippen LogP contribution in [-0.2, 0) is 5.41 Å². The summed E-state index contributed by atoms with van der Waals surface area (Å²) in [5.41, 5.74) is 4.92. The number of aromatic amines is 1. The van der Waals surface area contributed by atoms with E-state index in [0.29, 0.717) is 5.56 Å². The highest BCUT2D eigenvalue weighted by Gasteiger charge is 2.19. The van der Waals surface area contributed by atoms with E-state index in [9.17, 15) is 9.90 Å². The van der Waals surface area contributed by atoms with Gasteiger partial charge in [-0.25, -0.2) is 5.43 Å². The Bertz CT molecular complexity index is 785. The van der Waals surface area contributed by atoms with Crippen molar-refractivity contribution in [1.82, 2.24) is 15.6 Å². The molecule has 140 valence electrons. The van der Waals surface area contributed by atoms with Gasteiger partial charge in [-0.1, -0.05) is 20.8 Å². The summed E-state index contributed by atoms with van der Waals surface area (Å²) >= 11 is 0. The van der Waals surface area contributed by atoms with Crippen molar-refractivity contribution in [3.05, 3.63) is 41.2 Å². The lowest BCUT2D eigenvalue weighted by atomic mass is 9.92. The number of aromatic hydroxyl groups is 1. The van der Waals surface area contributed by atoms with Crippen LogP contribution < -0.4 is 10.3 Å². The lowest BCUT2D eigenvalue weighted by Crippen LogP contribution is -2.21. The number of phenolic OH excluding ortho intramolecular Hbond substituents is 1. The van der Waals surface area contributed by atoms with Crippen molar-refractivity contribution < 1.29 is 9.90 Å². The first-order valence-corrected chi connectivity index (χ1v) is 8.73. The molecule has 2 rings (SSSR count). The third kappa shape index (κ3) is 4.62. The minimum atomic E-state index is -0.410. The fourth-order valence-electron chi connectivity index (χ4n) is 2.47. The highest BCUT2D eigenvalue weighted by atomic mass is 16.3. The summed E-state index contributed by atoms with van der Waals surface area (Å²) in [7, 11) is 0. The maximum absolute atomic E-state index is 12.1. The van der Waals surface area contributed by atoms with E-state index >= 15 is 0 Å². The Morgan fingerprint density at radius 2 is 2.00 bits per heavy atom. The standard InChI is InChI=1S/C19H27N5O2/c1-6-24(7-2)14-9-8-13(16(25)10-14)12-20-23-18(26)15-11-17(22-21-15)19(3,4)5/h8-12,25H,6-7H2,1-5H3,(H,21,22)(H,23,26)/b20-12-. The molecular weight excluding hydrogens is 330 g/mol. The smallest absolute Gasteiger partial charge is 0.291 e. The Kier molecular flexibility index (Phi) is 6.02. The topological polar surface area (TPSA) is 93.6 Å². The van der Waals surface area contributed by atoms with Gasteiger partial charge in [-0.3, -0.25) is 9.89 Å². The third-order valence-electron chi connectivity index (χ3n) is 4.13. The number of carbonyl (C=O) groups is 1. The zero-order valence-electron chi connectivity index (χ0n) is 16.0. The summed E-state index contributed by atoms with van der Waals surface area (Å²) in [6, 6.07) is 7.09. The van der Waals surface area contributed by atoms with E-state index in [4.69, 9.17) is 0 Å². The van der Waals surface area contributed by atoms with Gasteiger partial charge in [0.2, 0.25) is 0 Å². The van der Waals surface area contributed by atoms with Crippen LogP contribution in [0.3, 0.4) is 0 Å². The van der Waals surface area contributed by atoms with Crippen LogP contribution in [0.5, 0.6) is 5.75 Å². The first-order valence-electron chi connectivity index (χ1n) is 8.73. The quantitative estimate of drug-likeness (QED) is 0.547. The fourth-order valence-corrected chi connectivity index (χ4v) is 2.47. The third-order valence-corrected chi connectivity index (χ3v) is 4.13. The number of nitrogens with zero attached hydrogens (tertiary/aromatic N) is 3. The Labute approximate surface area is 154 Å². The second-order valence-corrected chi connectivity index (χ2v) is 7.03. The highest BCUT2D eigenvalue weighted by Crippen LogP contribution is 2.23. The molecule has 1 aromatic carbocycles. The number of nitrogens with one attached hydrogen (secondary N) is 2. The zero-order valence-corrected chi connectivity index (χ0v) is 16.0. The van der Waals surface area contributed by atoms with Crippen LogP contribution in [-0.4, -0.2) is 40.5 Å². The molecule has 0 fully saturated rings. The Hall–Kier alpha value is -2.83. The van der Waals surface area contributed by atoms with E-state index in [1.165, 1.54) is 6.21 Å². The summed E-state index contributed by atoms with van der Waals surface area (Å²) < 4.78 is 0. The molecule has 0 saturated carbocycles. The van der Waals surface area contributed by atoms with Crippen molar-refractivity contribution in [3.63, 3.8) is 0 Å². The van der Waals surface area contributed by atoms with E-state index in [1.54, 1.807) is 18.2 Å². The maximum Gasteiger partial charge on any atom is 0.291 e. The average molecular weight is 357 g/mol. The molecule has 1 aromatic heterocycles. The first kappa shape index (κ1) is 19.5. The van der Waals surface area contributed by atoms with Gasteiger partial charge in [-0.2, -0.15) is 10.2 Å². The summed E-state index contributed by atoms with van der Waals surface area (Å²) in [5, 5.41) is 20.9. The van der Waals surface area contributed by atoms with Crippen molar-refractivity contribution in [2.45, 2.75) is 40.0 Å². The van der Waals surface area contributed by atoms with Crippen LogP contribution in [0, 0.1) is 0 Å². The Morgan fingerprint density at radius 1 is 1.31 bits per heavy atom. The number of amides is 1. The van der Waals surface area contributed by atoms with Gasteiger partial charge >= 0.3 is 0 Å². The Morgan fingerprint density at radius 3 is 2.54 bits per heavy atom. The molecule has 0 bridgehead atoms. The predicted molar refractivity (Wildman–Crippen MR) is 104 cm³/mol. The van der Waals surface area contributed by atoms with Gasteiger partial charge in [-0.15, -0.1) is 0 Å². The van der Waals surface area contributed by atoms with Crippen LogP contribution in [0.1, 0.15) is 56.4 Å². The minimum absolute atomic E-state index is 0.113. The average Bonchev–Trinajstić information content (AvgIpc) is 3.08. The zero-order chi connectivity index (χ0) is 19.3. The number of aromatic nitrogens is 2. The molecule has 26 heavy (non-hydrogen) atoms. The highest BCUT2D eigenvalue weighted by molar-refractivity contribution is 5.93. The number of hydrogen-bond donors (Lipinski definition) is 3. The predicted octanol–water partition coefficient (Wildman–Crippen LogP) is 3.02. The summed E-state index contributed by atoms with van der Waals surface area (Å²) in [4.78, 5) is 14.2. The second kappa shape index (κ2) is 8.03. The van der Waals surface area contributed by atoms with Gasteiger partial charge in [0, 0.05) is 41.5 Å². The monoisotopic (exact) mass is 357 g/mol. The maximum atomic E-state index is 12.1. The molecular formula is C19H27N5O2. The number of hydrogen-bond acceptors (Lipinski definition) is 5. The van der Waals surface area contributed by atoms with Crippen molar-refractivity contribution >= 4 is 17.8 Å². The van der Waals surface area contributed by atoms with Crippen LogP contribution in [0.4, 0.5) is 5.69 Å². The number of anilines is 1. The van der Waals surface area contributed by atoms with Gasteiger partial charge in [0.25, 0.3) is 5.91 Å². The van der Waals surface area contributed by atoms with Crippen molar-refractivity contribution in [2.24, 2.45) is 5.10 Å². The molecule has 7 heteroatoms. The molecule has 1 amide bonds. The molecule has 0 aliphatic rings. The number of phenols is 1. The molecule has 0 aliphatic heterocycles. The van der Waals surface area contributed by atoms with Gasteiger partial charge in [0.1, 0.15) is 5.75 Å². The molecule has 0 atom stereocenters. The van der Waals surface area contributed by atoms with Crippen molar-refractivity contribution in [2.75, 3.05) is 18.0 Å². The van der Waals surface area contributed by atoms with Crippen molar-refractivity contribution in [1.29, 1.82) is 0 Å². The first-order chi connectivity index (χ1) is 12.3. The molecule has 0 spiro atoms. The number of hydrazone groups is 1. The molecule has 0 unspecified atom stereocenters. The van der Waals surface area contributed by atoms with E-state index in [0.717, 1.165) is 24.5 Å². The van der Waals surface area contributed by atoms with Crippen LogP contribution in [0.25, 0.3) is 0 Å². The van der Waals surface area contributed by atoms with Crippen LogP contribution in [0.15, 0.2) is 29.4 Å². The Balaban J connectivity index is 2.04. The number of H-pyrrole nitrogens is 1. The SMILES string of the molecule is CCN(CC)c1ccc(/C=N\NC(=O)c2cc(C(C)(C)C)[nH]n2)c(O)c1. The largest absolute Gasteiger partial charge is 0.507 e. The lowest BCUT2D eigenvalue weighted by molar-refractivity contribution is 0.0950. The number of carbonyl (C=O) groups excluding carboxylic acids is 1. The molecule has 2 aromatic rings. The van der Waals surface area contributed by atoms with Gasteiger partial charge in [-0.05, 0) is 32.0 Å². The fraction of sp³-hybridized carbons (Fsp3) is 0.421. The van der Waals surface area contributed by atoms with Crippen LogP contribution >= 0.6 is 0 Å². The molecule has 0 saturated heterocycles.